The standard InChI is InChI=1S/C8H15N3/c1-10-5-6-11-4-2-3-9-8(11)7-10/h2-7H2,1H3. The summed E-state index contributed by atoms with van der Waals surface area (Å²) in [6.07, 6.45) is 1.24. The smallest absolute Gasteiger partial charge is 0.113 e. The molecule has 0 unspecified atom stereocenters. The third-order valence-electron chi connectivity index (χ3n) is 2.41. The van der Waals surface area contributed by atoms with E-state index in [4.69, 9.17) is 0 Å². The maximum absolute atomic E-state index is 4.50. The zero-order valence-corrected chi connectivity index (χ0v) is 7.08. The minimum Gasteiger partial charge on any atom is -0.358 e. The van der Waals surface area contributed by atoms with E-state index in [1.54, 1.807) is 0 Å². The maximum atomic E-state index is 4.50. The lowest BCUT2D eigenvalue weighted by molar-refractivity contribution is 0.255. The predicted molar refractivity (Wildman–Crippen MR) is 46.0 cm³/mol. The van der Waals surface area contributed by atoms with Crippen LogP contribution in [0, 0.1) is 0 Å². The lowest BCUT2D eigenvalue weighted by Gasteiger charge is -2.37. The molecule has 0 aromatic carbocycles. The summed E-state index contributed by atoms with van der Waals surface area (Å²) in [5.74, 6) is 1.31. The Bertz CT molecular complexity index is 176. The lowest BCUT2D eigenvalue weighted by atomic mass is 10.2. The van der Waals surface area contributed by atoms with Gasteiger partial charge in [-0.25, -0.2) is 0 Å². The van der Waals surface area contributed by atoms with E-state index in [0.29, 0.717) is 0 Å². The van der Waals surface area contributed by atoms with Crippen molar-refractivity contribution in [3.8, 4) is 0 Å². The van der Waals surface area contributed by atoms with Crippen molar-refractivity contribution in [1.29, 1.82) is 0 Å². The molecule has 0 N–H and O–H groups in total. The largest absolute Gasteiger partial charge is 0.358 e. The van der Waals surface area contributed by atoms with Crippen molar-refractivity contribution in [2.24, 2.45) is 4.99 Å². The van der Waals surface area contributed by atoms with Gasteiger partial charge in [-0.15, -0.1) is 0 Å². The van der Waals surface area contributed by atoms with Gasteiger partial charge in [0.15, 0.2) is 0 Å². The first kappa shape index (κ1) is 7.10. The molecule has 62 valence electrons. The average molecular weight is 153 g/mol. The first-order valence-corrected chi connectivity index (χ1v) is 4.33. The highest BCUT2D eigenvalue weighted by atomic mass is 15.3. The fraction of sp³-hybridized carbons (Fsp3) is 0.875. The van der Waals surface area contributed by atoms with E-state index < -0.39 is 0 Å². The van der Waals surface area contributed by atoms with Crippen LogP contribution in [0.15, 0.2) is 4.99 Å². The van der Waals surface area contributed by atoms with E-state index in [1.165, 1.54) is 31.9 Å². The molecule has 2 aliphatic rings. The minimum atomic E-state index is 1.04. The predicted octanol–water partition coefficient (Wildman–Crippen LogP) is 0.0360. The molecule has 0 radical (unpaired) electrons. The van der Waals surface area contributed by atoms with Crippen LogP contribution in [-0.2, 0) is 0 Å². The lowest BCUT2D eigenvalue weighted by Crippen LogP contribution is -2.50. The van der Waals surface area contributed by atoms with Crippen LogP contribution in [0.25, 0.3) is 0 Å². The first-order chi connectivity index (χ1) is 5.36. The highest BCUT2D eigenvalue weighted by Gasteiger charge is 2.20. The van der Waals surface area contributed by atoms with Crippen LogP contribution in [0.5, 0.6) is 0 Å². The second-order valence-electron chi connectivity index (χ2n) is 3.38. The number of nitrogens with zero attached hydrogens (tertiary/aromatic N) is 3. The molecule has 0 atom stereocenters. The summed E-state index contributed by atoms with van der Waals surface area (Å²) in [5, 5.41) is 0. The second-order valence-corrected chi connectivity index (χ2v) is 3.38. The molecule has 0 aromatic heterocycles. The maximum Gasteiger partial charge on any atom is 0.113 e. The zero-order chi connectivity index (χ0) is 7.68. The Morgan fingerprint density at radius 2 is 2.18 bits per heavy atom. The normalized spacial score (nSPS) is 26.3. The van der Waals surface area contributed by atoms with Gasteiger partial charge in [0.25, 0.3) is 0 Å². The van der Waals surface area contributed by atoms with Crippen molar-refractivity contribution >= 4 is 5.84 Å². The Labute approximate surface area is 67.7 Å². The van der Waals surface area contributed by atoms with Gasteiger partial charge in [0.1, 0.15) is 5.84 Å². The summed E-state index contributed by atoms with van der Waals surface area (Å²) in [7, 11) is 2.16. The molecule has 2 heterocycles. The fourth-order valence-electron chi connectivity index (χ4n) is 1.70. The van der Waals surface area contributed by atoms with Crippen LogP contribution in [0.2, 0.25) is 0 Å². The van der Waals surface area contributed by atoms with Crippen LogP contribution in [0.1, 0.15) is 6.42 Å². The SMILES string of the molecule is CN1CCN2CCCN=C2C1. The first-order valence-electron chi connectivity index (χ1n) is 4.33. The highest BCUT2D eigenvalue weighted by molar-refractivity contribution is 5.85. The number of piperazine rings is 1. The molecule has 2 aliphatic heterocycles. The van der Waals surface area contributed by atoms with Gasteiger partial charge in [-0.1, -0.05) is 0 Å². The number of fused-ring (bicyclic) bond motifs is 1. The van der Waals surface area contributed by atoms with Gasteiger partial charge in [0.2, 0.25) is 0 Å². The summed E-state index contributed by atoms with van der Waals surface area (Å²) in [6.45, 7) is 5.70. The van der Waals surface area contributed by atoms with Crippen LogP contribution in [0.3, 0.4) is 0 Å². The van der Waals surface area contributed by atoms with Crippen LogP contribution < -0.4 is 0 Å². The number of hydrogen-bond donors (Lipinski definition) is 0. The summed E-state index contributed by atoms with van der Waals surface area (Å²) in [6, 6.07) is 0. The third kappa shape index (κ3) is 1.38. The van der Waals surface area contributed by atoms with E-state index in [2.05, 4.69) is 21.8 Å². The van der Waals surface area contributed by atoms with Crippen molar-refractivity contribution in [2.75, 3.05) is 39.8 Å². The van der Waals surface area contributed by atoms with E-state index in [-0.39, 0.29) is 0 Å². The molecule has 1 saturated heterocycles. The topological polar surface area (TPSA) is 18.8 Å². The summed E-state index contributed by atoms with van der Waals surface area (Å²) in [5.41, 5.74) is 0. The number of likely N-dealkylation sites (N-methyl/N-ethyl adjacent to an activating group) is 1. The molecule has 11 heavy (non-hydrogen) atoms. The Morgan fingerprint density at radius 3 is 3.09 bits per heavy atom. The molecule has 3 heteroatoms. The van der Waals surface area contributed by atoms with Gasteiger partial charge < -0.3 is 4.90 Å². The molecule has 3 nitrogen and oxygen atoms in total. The van der Waals surface area contributed by atoms with Crippen LogP contribution in [0.4, 0.5) is 0 Å². The molecule has 0 aliphatic carbocycles. The zero-order valence-electron chi connectivity index (χ0n) is 7.08. The average Bonchev–Trinajstić information content (AvgIpc) is 2.04. The molecular weight excluding hydrogens is 138 g/mol. The van der Waals surface area contributed by atoms with Gasteiger partial charge in [0.05, 0.1) is 6.54 Å². The van der Waals surface area contributed by atoms with Gasteiger partial charge in [-0.05, 0) is 13.5 Å². The highest BCUT2D eigenvalue weighted by Crippen LogP contribution is 2.08. The summed E-state index contributed by atoms with van der Waals surface area (Å²) in [4.78, 5) is 9.26. The second kappa shape index (κ2) is 2.81. The van der Waals surface area contributed by atoms with Gasteiger partial charge >= 0.3 is 0 Å². The van der Waals surface area contributed by atoms with Gasteiger partial charge in [-0.3, -0.25) is 9.89 Å². The Morgan fingerprint density at radius 1 is 1.27 bits per heavy atom. The van der Waals surface area contributed by atoms with Crippen molar-refractivity contribution < 1.29 is 0 Å². The molecule has 0 spiro atoms. The molecule has 2 rings (SSSR count). The summed E-state index contributed by atoms with van der Waals surface area (Å²) < 4.78 is 0. The third-order valence-corrected chi connectivity index (χ3v) is 2.41. The van der Waals surface area contributed by atoms with E-state index in [0.717, 1.165) is 13.1 Å². The van der Waals surface area contributed by atoms with Crippen molar-refractivity contribution in [3.05, 3.63) is 0 Å². The van der Waals surface area contributed by atoms with Crippen molar-refractivity contribution in [2.45, 2.75) is 6.42 Å². The summed E-state index contributed by atoms with van der Waals surface area (Å²) >= 11 is 0. The number of rotatable bonds is 0. The van der Waals surface area contributed by atoms with Crippen molar-refractivity contribution in [3.63, 3.8) is 0 Å². The van der Waals surface area contributed by atoms with E-state index in [1.807, 2.05) is 0 Å². The number of aliphatic imine (C=N–C) groups is 1. The Hall–Kier alpha value is -0.570. The van der Waals surface area contributed by atoms with Gasteiger partial charge in [-0.2, -0.15) is 0 Å². The minimum absolute atomic E-state index is 1.04. The molecule has 0 bridgehead atoms. The quantitative estimate of drug-likeness (QED) is 0.489. The monoisotopic (exact) mass is 153 g/mol. The van der Waals surface area contributed by atoms with Gasteiger partial charge in [0, 0.05) is 26.2 Å². The van der Waals surface area contributed by atoms with Crippen LogP contribution >= 0.6 is 0 Å². The van der Waals surface area contributed by atoms with E-state index in [9.17, 15) is 0 Å². The fourth-order valence-corrected chi connectivity index (χ4v) is 1.70. The number of amidine groups is 1. The van der Waals surface area contributed by atoms with Crippen molar-refractivity contribution in [1.82, 2.24) is 9.80 Å². The molecule has 0 saturated carbocycles. The molecule has 0 aromatic rings. The Kier molecular flexibility index (Phi) is 1.82. The van der Waals surface area contributed by atoms with Crippen LogP contribution in [-0.4, -0.2) is 55.4 Å². The molecule has 1 fully saturated rings. The van der Waals surface area contributed by atoms with E-state index >= 15 is 0 Å². The molecule has 0 amide bonds. The Balaban J connectivity index is 2.07. The molecular formula is C8H15N3. The number of hydrogen-bond acceptors (Lipinski definition) is 3.